The Hall–Kier alpha value is -0.940. The Morgan fingerprint density at radius 1 is 1.50 bits per heavy atom. The molecule has 0 amide bonds. The van der Waals surface area contributed by atoms with E-state index in [1.165, 1.54) is 12.1 Å². The van der Waals surface area contributed by atoms with Gasteiger partial charge in [0.25, 0.3) is 0 Å². The van der Waals surface area contributed by atoms with Gasteiger partial charge in [0.1, 0.15) is 11.4 Å². The molecule has 1 N–H and O–H groups in total. The van der Waals surface area contributed by atoms with E-state index in [0.717, 1.165) is 0 Å². The third kappa shape index (κ3) is 4.03. The fourth-order valence-corrected chi connectivity index (χ4v) is 2.60. The minimum atomic E-state index is -1.01. The second kappa shape index (κ2) is 7.18. The van der Waals surface area contributed by atoms with Crippen LogP contribution in [-0.4, -0.2) is 19.1 Å². The summed E-state index contributed by atoms with van der Waals surface area (Å²) in [6.07, 6.45) is 0. The normalized spacial score (nSPS) is 14.2. The van der Waals surface area contributed by atoms with Gasteiger partial charge in [-0.2, -0.15) is 0 Å². The summed E-state index contributed by atoms with van der Waals surface area (Å²) in [6.45, 7) is 8.58. The van der Waals surface area contributed by atoms with E-state index in [1.54, 1.807) is 19.9 Å². The van der Waals surface area contributed by atoms with Gasteiger partial charge < -0.3 is 4.74 Å². The number of carbonyl (C=O) groups excluding carboxylic acids is 1. The molecule has 1 unspecified atom stereocenters. The van der Waals surface area contributed by atoms with Crippen molar-refractivity contribution in [3.8, 4) is 0 Å². The Morgan fingerprint density at radius 2 is 2.15 bits per heavy atom. The van der Waals surface area contributed by atoms with Crippen LogP contribution in [0.15, 0.2) is 22.7 Å². The van der Waals surface area contributed by atoms with Crippen LogP contribution in [0.3, 0.4) is 0 Å². The SMILES string of the molecule is CCOC(=O)C(C)(NCC(C)C)c1ccc(F)cc1Br. The van der Waals surface area contributed by atoms with Crippen LogP contribution in [0.5, 0.6) is 0 Å². The van der Waals surface area contributed by atoms with Crippen molar-refractivity contribution in [3.63, 3.8) is 0 Å². The molecule has 0 heterocycles. The summed E-state index contributed by atoms with van der Waals surface area (Å²) >= 11 is 3.32. The summed E-state index contributed by atoms with van der Waals surface area (Å²) in [5, 5.41) is 3.23. The van der Waals surface area contributed by atoms with Gasteiger partial charge in [0.2, 0.25) is 0 Å². The highest BCUT2D eigenvalue weighted by molar-refractivity contribution is 9.10. The summed E-state index contributed by atoms with van der Waals surface area (Å²) < 4.78 is 18.9. The first-order valence-corrected chi connectivity index (χ1v) is 7.48. The molecule has 0 bridgehead atoms. The molecule has 20 heavy (non-hydrogen) atoms. The van der Waals surface area contributed by atoms with Crippen LogP contribution in [0.4, 0.5) is 4.39 Å². The number of halogens is 2. The molecule has 0 aliphatic rings. The number of hydrogen-bond acceptors (Lipinski definition) is 3. The summed E-state index contributed by atoms with van der Waals surface area (Å²) in [6, 6.07) is 4.29. The molecule has 0 radical (unpaired) electrons. The van der Waals surface area contributed by atoms with Gasteiger partial charge >= 0.3 is 5.97 Å². The van der Waals surface area contributed by atoms with Crippen LogP contribution < -0.4 is 5.32 Å². The Balaban J connectivity index is 3.17. The number of hydrogen-bond donors (Lipinski definition) is 1. The Morgan fingerprint density at radius 3 is 2.65 bits per heavy atom. The molecular formula is C15H21BrFNO2. The predicted molar refractivity (Wildman–Crippen MR) is 80.9 cm³/mol. The second-order valence-corrected chi connectivity index (χ2v) is 6.10. The molecule has 0 fully saturated rings. The first-order chi connectivity index (χ1) is 9.31. The van der Waals surface area contributed by atoms with E-state index in [9.17, 15) is 9.18 Å². The molecule has 0 aromatic heterocycles. The Labute approximate surface area is 128 Å². The van der Waals surface area contributed by atoms with Crippen molar-refractivity contribution < 1.29 is 13.9 Å². The lowest BCUT2D eigenvalue weighted by molar-refractivity contribution is -0.151. The number of benzene rings is 1. The zero-order valence-electron chi connectivity index (χ0n) is 12.3. The minimum absolute atomic E-state index is 0.302. The van der Waals surface area contributed by atoms with Crippen molar-refractivity contribution in [2.45, 2.75) is 33.2 Å². The summed E-state index contributed by atoms with van der Waals surface area (Å²) in [4.78, 5) is 12.3. The quantitative estimate of drug-likeness (QED) is 0.800. The standard InChI is InChI=1S/C15H21BrFNO2/c1-5-20-14(19)15(4,18-9-10(2)3)12-7-6-11(17)8-13(12)16/h6-8,10,18H,5,9H2,1-4H3. The lowest BCUT2D eigenvalue weighted by Gasteiger charge is -2.30. The van der Waals surface area contributed by atoms with Crippen molar-refractivity contribution in [1.82, 2.24) is 5.32 Å². The fraction of sp³-hybridized carbons (Fsp3) is 0.533. The number of ether oxygens (including phenoxy) is 1. The molecular weight excluding hydrogens is 325 g/mol. The van der Waals surface area contributed by atoms with E-state index >= 15 is 0 Å². The van der Waals surface area contributed by atoms with Crippen molar-refractivity contribution in [3.05, 3.63) is 34.1 Å². The minimum Gasteiger partial charge on any atom is -0.464 e. The largest absolute Gasteiger partial charge is 0.464 e. The molecule has 3 nitrogen and oxygen atoms in total. The van der Waals surface area contributed by atoms with Crippen molar-refractivity contribution in [2.75, 3.05) is 13.2 Å². The van der Waals surface area contributed by atoms with Gasteiger partial charge in [0.05, 0.1) is 6.61 Å². The van der Waals surface area contributed by atoms with Gasteiger partial charge in [-0.15, -0.1) is 0 Å². The van der Waals surface area contributed by atoms with Gasteiger partial charge in [0.15, 0.2) is 0 Å². The summed E-state index contributed by atoms with van der Waals surface area (Å²) in [5.41, 5.74) is -0.342. The molecule has 0 spiro atoms. The third-order valence-corrected chi connectivity index (χ3v) is 3.67. The van der Waals surface area contributed by atoms with Gasteiger partial charge in [-0.25, -0.2) is 9.18 Å². The number of carbonyl (C=O) groups is 1. The molecule has 0 aliphatic heterocycles. The topological polar surface area (TPSA) is 38.3 Å². The van der Waals surface area contributed by atoms with Gasteiger partial charge in [-0.1, -0.05) is 35.8 Å². The molecule has 0 saturated heterocycles. The van der Waals surface area contributed by atoms with Crippen LogP contribution in [0.2, 0.25) is 0 Å². The van der Waals surface area contributed by atoms with E-state index in [1.807, 2.05) is 0 Å². The van der Waals surface area contributed by atoms with Crippen LogP contribution in [0, 0.1) is 11.7 Å². The molecule has 1 aromatic carbocycles. The van der Waals surface area contributed by atoms with E-state index in [4.69, 9.17) is 4.74 Å². The lowest BCUT2D eigenvalue weighted by atomic mass is 9.91. The zero-order chi connectivity index (χ0) is 15.3. The van der Waals surface area contributed by atoms with E-state index < -0.39 is 5.54 Å². The van der Waals surface area contributed by atoms with Crippen molar-refractivity contribution >= 4 is 21.9 Å². The van der Waals surface area contributed by atoms with Crippen LogP contribution in [-0.2, 0) is 15.1 Å². The van der Waals surface area contributed by atoms with E-state index in [-0.39, 0.29) is 11.8 Å². The molecule has 1 atom stereocenters. The van der Waals surface area contributed by atoms with Gasteiger partial charge in [0, 0.05) is 4.47 Å². The maximum absolute atomic E-state index is 13.2. The molecule has 5 heteroatoms. The van der Waals surface area contributed by atoms with E-state index in [2.05, 4.69) is 35.1 Å². The molecule has 0 aliphatic carbocycles. The fourth-order valence-electron chi connectivity index (χ4n) is 1.86. The third-order valence-electron chi connectivity index (χ3n) is 3.02. The maximum atomic E-state index is 13.2. The number of esters is 1. The highest BCUT2D eigenvalue weighted by atomic mass is 79.9. The average Bonchev–Trinajstić information content (AvgIpc) is 2.36. The van der Waals surface area contributed by atoms with Crippen molar-refractivity contribution in [1.29, 1.82) is 0 Å². The lowest BCUT2D eigenvalue weighted by Crippen LogP contribution is -2.49. The van der Waals surface area contributed by atoms with Gasteiger partial charge in [-0.3, -0.25) is 5.32 Å². The van der Waals surface area contributed by atoms with Crippen LogP contribution in [0.25, 0.3) is 0 Å². The molecule has 1 rings (SSSR count). The average molecular weight is 346 g/mol. The molecule has 112 valence electrons. The van der Waals surface area contributed by atoms with Crippen LogP contribution >= 0.6 is 15.9 Å². The van der Waals surface area contributed by atoms with Gasteiger partial charge in [-0.05, 0) is 44.0 Å². The van der Waals surface area contributed by atoms with E-state index in [0.29, 0.717) is 29.1 Å². The first-order valence-electron chi connectivity index (χ1n) is 6.69. The highest BCUT2D eigenvalue weighted by Gasteiger charge is 2.38. The maximum Gasteiger partial charge on any atom is 0.330 e. The summed E-state index contributed by atoms with van der Waals surface area (Å²) in [7, 11) is 0. The Kier molecular flexibility index (Phi) is 6.14. The first kappa shape index (κ1) is 17.1. The number of nitrogens with one attached hydrogen (secondary N) is 1. The molecule has 0 saturated carbocycles. The predicted octanol–water partition coefficient (Wildman–Crippen LogP) is 3.61. The zero-order valence-corrected chi connectivity index (χ0v) is 13.9. The van der Waals surface area contributed by atoms with Crippen molar-refractivity contribution in [2.24, 2.45) is 5.92 Å². The summed E-state index contributed by atoms with van der Waals surface area (Å²) in [5.74, 6) is -0.341. The smallest absolute Gasteiger partial charge is 0.330 e. The Bertz CT molecular complexity index is 479. The molecule has 1 aromatic rings. The number of rotatable bonds is 6. The monoisotopic (exact) mass is 345 g/mol. The second-order valence-electron chi connectivity index (χ2n) is 5.24. The highest BCUT2D eigenvalue weighted by Crippen LogP contribution is 2.30. The van der Waals surface area contributed by atoms with Crippen LogP contribution in [0.1, 0.15) is 33.3 Å².